The normalized spacial score (nSPS) is 30.4. The molecule has 1 atom stereocenters. The summed E-state index contributed by atoms with van der Waals surface area (Å²) in [4.78, 5) is 0. The molecule has 0 aromatic rings. The molecule has 2 heterocycles. The van der Waals surface area contributed by atoms with Gasteiger partial charge in [-0.15, -0.1) is 0 Å². The fourth-order valence-electron chi connectivity index (χ4n) is 2.69. The molecule has 2 aliphatic rings. The molecule has 1 radical (unpaired) electrons. The number of nitrogens with one attached hydrogen (secondary N) is 1. The maximum absolute atomic E-state index is 4.70. The minimum atomic E-state index is 0.721. The highest BCUT2D eigenvalue weighted by Crippen LogP contribution is 2.21. The van der Waals surface area contributed by atoms with E-state index in [9.17, 15) is 0 Å². The molecule has 0 amide bonds. The van der Waals surface area contributed by atoms with E-state index in [-0.39, 0.29) is 0 Å². The van der Waals surface area contributed by atoms with Crippen LogP contribution < -0.4 is 10.6 Å². The van der Waals surface area contributed by atoms with Gasteiger partial charge in [-0.3, -0.25) is 0 Å². The molecule has 0 spiro atoms. The van der Waals surface area contributed by atoms with Crippen LogP contribution in [0.15, 0.2) is 0 Å². The highest BCUT2D eigenvalue weighted by molar-refractivity contribution is 4.75. The molecule has 2 saturated heterocycles. The first-order chi connectivity index (χ1) is 6.95. The van der Waals surface area contributed by atoms with E-state index in [1.807, 2.05) is 0 Å². The predicted molar refractivity (Wildman–Crippen MR) is 59.5 cm³/mol. The Morgan fingerprint density at radius 2 is 1.86 bits per heavy atom. The van der Waals surface area contributed by atoms with Crippen LogP contribution >= 0.6 is 0 Å². The Bertz CT molecular complexity index is 128. The molecule has 0 aliphatic carbocycles. The third-order valence-electron chi connectivity index (χ3n) is 3.70. The molecular weight excluding hydrogens is 172 g/mol. The van der Waals surface area contributed by atoms with Crippen molar-refractivity contribution in [2.75, 3.05) is 19.6 Å². The van der Waals surface area contributed by atoms with Crippen molar-refractivity contribution >= 4 is 0 Å². The minimum Gasteiger partial charge on any atom is -0.317 e. The summed E-state index contributed by atoms with van der Waals surface area (Å²) in [6, 6.07) is 0.721. The summed E-state index contributed by atoms with van der Waals surface area (Å²) in [5.41, 5.74) is 0. The van der Waals surface area contributed by atoms with Crippen LogP contribution in [0.5, 0.6) is 0 Å². The quantitative estimate of drug-likeness (QED) is 0.731. The molecular formula is C12H23N2. The average molecular weight is 195 g/mol. The Labute approximate surface area is 87.8 Å². The van der Waals surface area contributed by atoms with Gasteiger partial charge in [0.15, 0.2) is 0 Å². The highest BCUT2D eigenvalue weighted by Gasteiger charge is 2.17. The summed E-state index contributed by atoms with van der Waals surface area (Å²) in [5.74, 6) is 0.994. The summed E-state index contributed by atoms with van der Waals surface area (Å²) in [7, 11) is 0. The summed E-state index contributed by atoms with van der Waals surface area (Å²) in [5, 5.41) is 8.13. The molecule has 14 heavy (non-hydrogen) atoms. The molecule has 1 unspecified atom stereocenters. The number of hydrogen-bond acceptors (Lipinski definition) is 1. The third-order valence-corrected chi connectivity index (χ3v) is 3.70. The first kappa shape index (κ1) is 10.4. The van der Waals surface area contributed by atoms with Crippen molar-refractivity contribution in [3.8, 4) is 0 Å². The van der Waals surface area contributed by atoms with Crippen molar-refractivity contribution in [1.82, 2.24) is 10.6 Å². The topological polar surface area (TPSA) is 26.1 Å². The Balaban J connectivity index is 1.60. The molecule has 0 aromatic heterocycles. The summed E-state index contributed by atoms with van der Waals surface area (Å²) < 4.78 is 0. The van der Waals surface area contributed by atoms with Crippen LogP contribution in [0.3, 0.4) is 0 Å². The van der Waals surface area contributed by atoms with Crippen molar-refractivity contribution < 1.29 is 0 Å². The van der Waals surface area contributed by atoms with Gasteiger partial charge in [-0.05, 0) is 57.5 Å². The van der Waals surface area contributed by atoms with Crippen molar-refractivity contribution in [2.24, 2.45) is 5.92 Å². The molecule has 2 heteroatoms. The van der Waals surface area contributed by atoms with E-state index in [0.29, 0.717) is 0 Å². The molecule has 2 nitrogen and oxygen atoms in total. The lowest BCUT2D eigenvalue weighted by Gasteiger charge is -2.26. The van der Waals surface area contributed by atoms with E-state index < -0.39 is 0 Å². The number of piperidine rings is 2. The highest BCUT2D eigenvalue weighted by atomic mass is 14.9. The molecule has 0 saturated carbocycles. The summed E-state index contributed by atoms with van der Waals surface area (Å²) in [6.45, 7) is 3.62. The number of nitrogens with zero attached hydrogens (tertiary/aromatic N) is 1. The maximum atomic E-state index is 4.70. The second-order valence-corrected chi connectivity index (χ2v) is 4.83. The smallest absolute Gasteiger partial charge is 0.0246 e. The van der Waals surface area contributed by atoms with Crippen LogP contribution in [0.4, 0.5) is 0 Å². The number of hydrogen-bond donors (Lipinski definition) is 1. The second-order valence-electron chi connectivity index (χ2n) is 4.83. The zero-order valence-electron chi connectivity index (χ0n) is 9.17. The Morgan fingerprint density at radius 3 is 2.57 bits per heavy atom. The van der Waals surface area contributed by atoms with Gasteiger partial charge in [0.25, 0.3) is 0 Å². The summed E-state index contributed by atoms with van der Waals surface area (Å²) in [6.07, 6.45) is 9.70. The largest absolute Gasteiger partial charge is 0.317 e. The maximum Gasteiger partial charge on any atom is 0.0246 e. The first-order valence-electron chi connectivity index (χ1n) is 6.32. The zero-order valence-corrected chi connectivity index (χ0v) is 9.17. The monoisotopic (exact) mass is 195 g/mol. The second kappa shape index (κ2) is 5.72. The standard InChI is InChI=1S/C12H23N2/c1-2-8-14-12(3-1)5-4-11-6-9-13-10-7-11/h11-13H,1-10H2. The van der Waals surface area contributed by atoms with Gasteiger partial charge in [0, 0.05) is 12.6 Å². The van der Waals surface area contributed by atoms with Crippen molar-refractivity contribution in [2.45, 2.75) is 51.0 Å². The van der Waals surface area contributed by atoms with Crippen LogP contribution in [0, 0.1) is 5.92 Å². The average Bonchev–Trinajstić information content (AvgIpc) is 2.29. The van der Waals surface area contributed by atoms with Gasteiger partial charge in [0.2, 0.25) is 0 Å². The van der Waals surface area contributed by atoms with E-state index >= 15 is 0 Å². The molecule has 2 rings (SSSR count). The molecule has 1 N–H and O–H groups in total. The third kappa shape index (κ3) is 3.25. The van der Waals surface area contributed by atoms with Gasteiger partial charge in [0.05, 0.1) is 0 Å². The van der Waals surface area contributed by atoms with Crippen LogP contribution in [0.2, 0.25) is 0 Å². The van der Waals surface area contributed by atoms with Gasteiger partial charge < -0.3 is 5.32 Å². The fraction of sp³-hybridized carbons (Fsp3) is 1.00. The lowest BCUT2D eigenvalue weighted by Crippen LogP contribution is -2.31. The van der Waals surface area contributed by atoms with Crippen molar-refractivity contribution in [3.05, 3.63) is 0 Å². The van der Waals surface area contributed by atoms with Crippen LogP contribution in [0.25, 0.3) is 0 Å². The van der Waals surface area contributed by atoms with Crippen molar-refractivity contribution in [1.29, 1.82) is 0 Å². The van der Waals surface area contributed by atoms with E-state index in [1.54, 1.807) is 0 Å². The molecule has 0 bridgehead atoms. The van der Waals surface area contributed by atoms with E-state index in [2.05, 4.69) is 5.32 Å². The Morgan fingerprint density at radius 1 is 1.00 bits per heavy atom. The zero-order chi connectivity index (χ0) is 9.64. The lowest BCUT2D eigenvalue weighted by molar-refractivity contribution is 0.301. The van der Waals surface area contributed by atoms with E-state index in [1.165, 1.54) is 58.0 Å². The van der Waals surface area contributed by atoms with Crippen LogP contribution in [0.1, 0.15) is 44.9 Å². The molecule has 2 aliphatic heterocycles. The minimum absolute atomic E-state index is 0.721. The lowest BCUT2D eigenvalue weighted by atomic mass is 9.89. The van der Waals surface area contributed by atoms with Gasteiger partial charge in [0.1, 0.15) is 0 Å². The molecule has 0 aromatic carbocycles. The molecule has 81 valence electrons. The SMILES string of the molecule is C1CCC(CCC2CCNCC2)[N]C1. The first-order valence-corrected chi connectivity index (χ1v) is 6.32. The van der Waals surface area contributed by atoms with Gasteiger partial charge in [-0.25, -0.2) is 5.32 Å². The number of rotatable bonds is 3. The van der Waals surface area contributed by atoms with E-state index in [0.717, 1.165) is 18.5 Å². The van der Waals surface area contributed by atoms with E-state index in [4.69, 9.17) is 5.32 Å². The fourth-order valence-corrected chi connectivity index (χ4v) is 2.69. The Hall–Kier alpha value is -0.0800. The molecule has 2 fully saturated rings. The van der Waals surface area contributed by atoms with Gasteiger partial charge >= 0.3 is 0 Å². The summed E-state index contributed by atoms with van der Waals surface area (Å²) >= 11 is 0. The van der Waals surface area contributed by atoms with Crippen LogP contribution in [-0.2, 0) is 0 Å². The Kier molecular flexibility index (Phi) is 4.26. The predicted octanol–water partition coefficient (Wildman–Crippen LogP) is 1.92. The van der Waals surface area contributed by atoms with Gasteiger partial charge in [-0.2, -0.15) is 0 Å². The van der Waals surface area contributed by atoms with Crippen molar-refractivity contribution in [3.63, 3.8) is 0 Å². The van der Waals surface area contributed by atoms with Gasteiger partial charge in [-0.1, -0.05) is 6.42 Å². The van der Waals surface area contributed by atoms with Crippen LogP contribution in [-0.4, -0.2) is 25.7 Å².